The van der Waals surface area contributed by atoms with E-state index in [9.17, 15) is 4.39 Å². The van der Waals surface area contributed by atoms with Gasteiger partial charge in [0, 0.05) is 24.0 Å². The highest BCUT2D eigenvalue weighted by Gasteiger charge is 2.18. The Morgan fingerprint density at radius 2 is 2.16 bits per heavy atom. The van der Waals surface area contributed by atoms with Crippen LogP contribution in [-0.4, -0.2) is 11.0 Å². The number of rotatable bonds is 4. The van der Waals surface area contributed by atoms with Gasteiger partial charge in [-0.05, 0) is 47.1 Å². The predicted molar refractivity (Wildman–Crippen MR) is 75.4 cm³/mol. The van der Waals surface area contributed by atoms with Crippen LogP contribution in [0.1, 0.15) is 18.6 Å². The molecule has 2 rings (SSSR count). The molecule has 100 valence electrons. The molecule has 1 heterocycles. The van der Waals surface area contributed by atoms with Crippen LogP contribution in [0.4, 0.5) is 4.39 Å². The molecule has 2 aromatic rings. The second-order valence-corrected chi connectivity index (χ2v) is 5.11. The zero-order valence-electron chi connectivity index (χ0n) is 10.4. The van der Waals surface area contributed by atoms with Crippen molar-refractivity contribution in [2.45, 2.75) is 19.1 Å². The van der Waals surface area contributed by atoms with Crippen LogP contribution >= 0.6 is 15.9 Å². The predicted octanol–water partition coefficient (Wildman–Crippen LogP) is 3.45. The fraction of sp³-hybridized carbons (Fsp3) is 0.214. The van der Waals surface area contributed by atoms with Crippen molar-refractivity contribution in [3.63, 3.8) is 0 Å². The molecule has 0 bridgehead atoms. The van der Waals surface area contributed by atoms with Crippen molar-refractivity contribution in [3.05, 3.63) is 58.6 Å². The zero-order valence-corrected chi connectivity index (χ0v) is 12.0. The molecule has 0 aliphatic carbocycles. The van der Waals surface area contributed by atoms with Crippen molar-refractivity contribution in [1.82, 2.24) is 4.98 Å². The monoisotopic (exact) mass is 324 g/mol. The molecule has 0 aliphatic heterocycles. The molecule has 3 nitrogen and oxygen atoms in total. The van der Waals surface area contributed by atoms with E-state index in [1.54, 1.807) is 24.5 Å². The average molecular weight is 325 g/mol. The summed E-state index contributed by atoms with van der Waals surface area (Å²) in [7, 11) is 0. The smallest absolute Gasteiger partial charge is 0.140 e. The standard InChI is InChI=1S/C14H14BrFN2O/c1-9(17)14(10-3-2-6-18-8-10)19-11-4-5-13(16)12(15)7-11/h2-9,14H,17H2,1H3. The zero-order chi connectivity index (χ0) is 13.8. The van der Waals surface area contributed by atoms with Crippen molar-refractivity contribution in [2.24, 2.45) is 5.73 Å². The minimum absolute atomic E-state index is 0.215. The van der Waals surface area contributed by atoms with Crippen molar-refractivity contribution < 1.29 is 9.13 Å². The lowest BCUT2D eigenvalue weighted by molar-refractivity contribution is 0.180. The van der Waals surface area contributed by atoms with Gasteiger partial charge in [0.1, 0.15) is 17.7 Å². The van der Waals surface area contributed by atoms with E-state index in [-0.39, 0.29) is 18.0 Å². The molecule has 2 N–H and O–H groups in total. The van der Waals surface area contributed by atoms with Gasteiger partial charge >= 0.3 is 0 Å². The van der Waals surface area contributed by atoms with E-state index < -0.39 is 0 Å². The topological polar surface area (TPSA) is 48.1 Å². The normalized spacial score (nSPS) is 13.9. The van der Waals surface area contributed by atoms with E-state index in [1.807, 2.05) is 19.1 Å². The fourth-order valence-corrected chi connectivity index (χ4v) is 2.08. The van der Waals surface area contributed by atoms with Gasteiger partial charge in [-0.3, -0.25) is 4.98 Å². The van der Waals surface area contributed by atoms with Crippen LogP contribution in [0.5, 0.6) is 5.75 Å². The Bertz CT molecular complexity index is 548. The molecule has 1 aromatic carbocycles. The quantitative estimate of drug-likeness (QED) is 0.937. The summed E-state index contributed by atoms with van der Waals surface area (Å²) in [5.41, 5.74) is 6.83. The number of nitrogens with two attached hydrogens (primary N) is 1. The van der Waals surface area contributed by atoms with Gasteiger partial charge in [-0.1, -0.05) is 6.07 Å². The lowest BCUT2D eigenvalue weighted by Gasteiger charge is -2.22. The summed E-state index contributed by atoms with van der Waals surface area (Å²) < 4.78 is 19.4. The summed E-state index contributed by atoms with van der Waals surface area (Å²) in [4.78, 5) is 4.06. The van der Waals surface area contributed by atoms with Crippen molar-refractivity contribution in [2.75, 3.05) is 0 Å². The third-order valence-electron chi connectivity index (χ3n) is 2.64. The van der Waals surface area contributed by atoms with Gasteiger partial charge in [0.05, 0.1) is 4.47 Å². The lowest BCUT2D eigenvalue weighted by atomic mass is 10.1. The number of nitrogens with zero attached hydrogens (tertiary/aromatic N) is 1. The van der Waals surface area contributed by atoms with Gasteiger partial charge in [0.25, 0.3) is 0 Å². The van der Waals surface area contributed by atoms with Gasteiger partial charge in [0.15, 0.2) is 0 Å². The number of ether oxygens (including phenoxy) is 1. The van der Waals surface area contributed by atoms with Crippen molar-refractivity contribution >= 4 is 15.9 Å². The maximum atomic E-state index is 13.2. The molecule has 0 saturated carbocycles. The van der Waals surface area contributed by atoms with E-state index in [4.69, 9.17) is 10.5 Å². The van der Waals surface area contributed by atoms with Crippen LogP contribution in [0, 0.1) is 5.82 Å². The van der Waals surface area contributed by atoms with Crippen molar-refractivity contribution in [1.29, 1.82) is 0 Å². The van der Waals surface area contributed by atoms with Crippen LogP contribution < -0.4 is 10.5 Å². The van der Waals surface area contributed by atoms with Gasteiger partial charge in [-0.15, -0.1) is 0 Å². The van der Waals surface area contributed by atoms with Crippen LogP contribution in [0.2, 0.25) is 0 Å². The number of halogens is 2. The first-order valence-corrected chi connectivity index (χ1v) is 6.64. The third-order valence-corrected chi connectivity index (χ3v) is 3.25. The first kappa shape index (κ1) is 14.0. The molecular formula is C14H14BrFN2O. The fourth-order valence-electron chi connectivity index (χ4n) is 1.72. The number of pyridine rings is 1. The summed E-state index contributed by atoms with van der Waals surface area (Å²) in [6.07, 6.45) is 3.08. The second-order valence-electron chi connectivity index (χ2n) is 4.26. The van der Waals surface area contributed by atoms with Gasteiger partial charge < -0.3 is 10.5 Å². The first-order valence-electron chi connectivity index (χ1n) is 5.85. The van der Waals surface area contributed by atoms with Gasteiger partial charge in [0.2, 0.25) is 0 Å². The Morgan fingerprint density at radius 1 is 1.37 bits per heavy atom. The van der Waals surface area contributed by atoms with Gasteiger partial charge in [-0.2, -0.15) is 0 Å². The van der Waals surface area contributed by atoms with Gasteiger partial charge in [-0.25, -0.2) is 4.39 Å². The average Bonchev–Trinajstić information content (AvgIpc) is 2.40. The van der Waals surface area contributed by atoms with Crippen LogP contribution in [0.3, 0.4) is 0 Å². The Kier molecular flexibility index (Phi) is 4.50. The molecule has 2 atom stereocenters. The minimum atomic E-state index is -0.328. The molecule has 19 heavy (non-hydrogen) atoms. The molecule has 1 aromatic heterocycles. The Morgan fingerprint density at radius 3 is 2.74 bits per heavy atom. The molecular weight excluding hydrogens is 311 g/mol. The highest BCUT2D eigenvalue weighted by Crippen LogP contribution is 2.27. The molecule has 0 amide bonds. The SMILES string of the molecule is CC(N)C(Oc1ccc(F)c(Br)c1)c1cccnc1. The van der Waals surface area contributed by atoms with E-state index in [1.165, 1.54) is 6.07 Å². The largest absolute Gasteiger partial charge is 0.484 e. The Hall–Kier alpha value is -1.46. The highest BCUT2D eigenvalue weighted by atomic mass is 79.9. The maximum Gasteiger partial charge on any atom is 0.140 e. The summed E-state index contributed by atoms with van der Waals surface area (Å²) in [6.45, 7) is 1.86. The highest BCUT2D eigenvalue weighted by molar-refractivity contribution is 9.10. The molecule has 0 fully saturated rings. The molecule has 0 radical (unpaired) electrons. The number of hydrogen-bond donors (Lipinski definition) is 1. The minimum Gasteiger partial charge on any atom is -0.484 e. The lowest BCUT2D eigenvalue weighted by Crippen LogP contribution is -2.29. The number of benzene rings is 1. The van der Waals surface area contributed by atoms with E-state index in [2.05, 4.69) is 20.9 Å². The summed E-state index contributed by atoms with van der Waals surface area (Å²) in [6, 6.07) is 8.02. The molecule has 0 spiro atoms. The Labute approximate surface area is 119 Å². The van der Waals surface area contributed by atoms with Crippen LogP contribution in [0.25, 0.3) is 0 Å². The second kappa shape index (κ2) is 6.12. The summed E-state index contributed by atoms with van der Waals surface area (Å²) in [5.74, 6) is 0.227. The molecule has 0 aliphatic rings. The number of hydrogen-bond acceptors (Lipinski definition) is 3. The van der Waals surface area contributed by atoms with Crippen LogP contribution in [-0.2, 0) is 0 Å². The molecule has 5 heteroatoms. The third kappa shape index (κ3) is 3.52. The van der Waals surface area contributed by atoms with E-state index in [0.717, 1.165) is 5.56 Å². The first-order chi connectivity index (χ1) is 9.08. The van der Waals surface area contributed by atoms with E-state index in [0.29, 0.717) is 10.2 Å². The molecule has 0 saturated heterocycles. The summed E-state index contributed by atoms with van der Waals surface area (Å²) in [5, 5.41) is 0. The number of aromatic nitrogens is 1. The van der Waals surface area contributed by atoms with E-state index >= 15 is 0 Å². The summed E-state index contributed by atoms with van der Waals surface area (Å²) >= 11 is 3.13. The van der Waals surface area contributed by atoms with Crippen LogP contribution in [0.15, 0.2) is 47.2 Å². The maximum absolute atomic E-state index is 13.2. The Balaban J connectivity index is 2.24. The molecule has 2 unspecified atom stereocenters. The van der Waals surface area contributed by atoms with Crippen molar-refractivity contribution in [3.8, 4) is 5.75 Å².